The van der Waals surface area contributed by atoms with Gasteiger partial charge in [-0.3, -0.25) is 0 Å². The summed E-state index contributed by atoms with van der Waals surface area (Å²) in [6, 6.07) is 5.73. The van der Waals surface area contributed by atoms with Gasteiger partial charge in [0.2, 0.25) is 5.22 Å². The topological polar surface area (TPSA) is 28.9 Å². The Labute approximate surface area is 56.7 Å². The van der Waals surface area contributed by atoms with Crippen molar-refractivity contribution in [1.82, 2.24) is 5.16 Å². The molecular weight excluding hydrogens is 138 g/mol. The number of hydrogen-bond donors (Lipinski definition) is 1. The lowest BCUT2D eigenvalue weighted by Gasteiger charge is -1.77. The third kappa shape index (κ3) is 0.566. The predicted molar refractivity (Wildman–Crippen MR) is 34.7 cm³/mol. The molecule has 3 heteroatoms. The van der Waals surface area contributed by atoms with Crippen LogP contribution >= 0.6 is 11.6 Å². The lowest BCUT2D eigenvalue weighted by molar-refractivity contribution is 0.426. The molecule has 9 heavy (non-hydrogen) atoms. The van der Waals surface area contributed by atoms with Crippen molar-refractivity contribution < 1.29 is 4.52 Å². The Balaban J connectivity index is 2.79. The molecule has 1 N–H and O–H groups in total. The van der Waals surface area contributed by atoms with Gasteiger partial charge in [0.25, 0.3) is 0 Å². The molecular formula is C6H4ClNO. The van der Waals surface area contributed by atoms with Crippen LogP contribution < -0.4 is 0 Å². The normalized spacial score (nSPS) is 10.8. The van der Waals surface area contributed by atoms with Crippen molar-refractivity contribution >= 4 is 11.6 Å². The van der Waals surface area contributed by atoms with Crippen molar-refractivity contribution in [3.05, 3.63) is 23.4 Å². The Hall–Kier alpha value is -0.890. The fourth-order valence-electron chi connectivity index (χ4n) is 0.835. The van der Waals surface area contributed by atoms with Crippen molar-refractivity contribution in [2.24, 2.45) is 0 Å². The van der Waals surface area contributed by atoms with Gasteiger partial charge < -0.3 is 4.52 Å². The summed E-state index contributed by atoms with van der Waals surface area (Å²) in [6.07, 6.45) is 0. The maximum atomic E-state index is 5.62. The zero-order valence-corrected chi connectivity index (χ0v) is 5.27. The van der Waals surface area contributed by atoms with Gasteiger partial charge in [0.15, 0.2) is 0 Å². The maximum Gasteiger partial charge on any atom is 0.230 e. The van der Waals surface area contributed by atoms with Gasteiger partial charge in [-0.25, -0.2) is 5.16 Å². The molecule has 0 spiro atoms. The second-order valence-electron chi connectivity index (χ2n) is 1.83. The Morgan fingerprint density at radius 3 is 3.11 bits per heavy atom. The molecule has 1 aliphatic carbocycles. The van der Waals surface area contributed by atoms with Crippen molar-refractivity contribution in [3.8, 4) is 11.3 Å². The van der Waals surface area contributed by atoms with Crippen molar-refractivity contribution in [2.75, 3.05) is 0 Å². The van der Waals surface area contributed by atoms with E-state index in [4.69, 9.17) is 16.1 Å². The number of nitrogens with one attached hydrogen (secondary N) is 1. The Kier molecular flexibility index (Phi) is 0.848. The third-order valence-electron chi connectivity index (χ3n) is 1.28. The molecule has 2 rings (SSSR count). The molecule has 0 radical (unpaired) electrons. The molecule has 0 aromatic rings. The van der Waals surface area contributed by atoms with Gasteiger partial charge in [-0.15, -0.1) is 0 Å². The van der Waals surface area contributed by atoms with Crippen LogP contribution in [-0.4, -0.2) is 5.16 Å². The third-order valence-corrected chi connectivity index (χ3v) is 1.56. The first-order chi connectivity index (χ1) is 4.38. The lowest BCUT2D eigenvalue weighted by Crippen LogP contribution is -1.61. The summed E-state index contributed by atoms with van der Waals surface area (Å²) in [5, 5.41) is 3.09. The minimum Gasteiger partial charge on any atom is -0.369 e. The largest absolute Gasteiger partial charge is 0.369 e. The number of hydrogen-bond acceptors (Lipinski definition) is 1. The molecule has 0 saturated carbocycles. The maximum absolute atomic E-state index is 5.62. The number of halogens is 1. The molecule has 0 aromatic heterocycles. The van der Waals surface area contributed by atoms with Crippen molar-refractivity contribution in [3.63, 3.8) is 0 Å². The zero-order valence-electron chi connectivity index (χ0n) is 4.52. The summed E-state index contributed by atoms with van der Waals surface area (Å²) in [5.74, 6) is 0. The molecule has 0 saturated heterocycles. The molecule has 0 aromatic carbocycles. The van der Waals surface area contributed by atoms with Crippen LogP contribution in [0.1, 0.15) is 0 Å². The number of rotatable bonds is 0. The Bertz CT molecular complexity index is 285. The highest BCUT2D eigenvalue weighted by atomic mass is 35.5. The van der Waals surface area contributed by atoms with E-state index >= 15 is 0 Å². The van der Waals surface area contributed by atoms with Crippen LogP contribution in [0.15, 0.2) is 22.7 Å². The van der Waals surface area contributed by atoms with Crippen LogP contribution in [0.4, 0.5) is 0 Å². The van der Waals surface area contributed by atoms with Gasteiger partial charge >= 0.3 is 0 Å². The van der Waals surface area contributed by atoms with Crippen molar-refractivity contribution in [2.45, 2.75) is 0 Å². The SMILES string of the molecule is Clc1o[nH]c2cccc1-2. The van der Waals surface area contributed by atoms with Crippen LogP contribution in [0.5, 0.6) is 0 Å². The van der Waals surface area contributed by atoms with Crippen LogP contribution in [0, 0.1) is 0 Å². The summed E-state index contributed by atoms with van der Waals surface area (Å²) in [6.45, 7) is 0. The summed E-state index contributed by atoms with van der Waals surface area (Å²) >= 11 is 5.62. The van der Waals surface area contributed by atoms with E-state index in [0.29, 0.717) is 5.22 Å². The van der Waals surface area contributed by atoms with Gasteiger partial charge in [0.1, 0.15) is 0 Å². The van der Waals surface area contributed by atoms with Crippen molar-refractivity contribution in [1.29, 1.82) is 0 Å². The molecule has 1 heterocycles. The van der Waals surface area contributed by atoms with Gasteiger partial charge in [-0.2, -0.15) is 0 Å². The minimum atomic E-state index is 0.426. The molecule has 0 atom stereocenters. The molecule has 0 bridgehead atoms. The number of aromatic nitrogens is 1. The van der Waals surface area contributed by atoms with Gasteiger partial charge in [-0.05, 0) is 23.7 Å². The zero-order chi connectivity index (χ0) is 6.27. The number of aromatic amines is 1. The highest BCUT2D eigenvalue weighted by Crippen LogP contribution is 2.29. The first-order valence-corrected chi connectivity index (χ1v) is 2.97. The lowest BCUT2D eigenvalue weighted by atomic mass is 10.3. The smallest absolute Gasteiger partial charge is 0.230 e. The van der Waals surface area contributed by atoms with E-state index in [-0.39, 0.29) is 0 Å². The van der Waals surface area contributed by atoms with E-state index < -0.39 is 0 Å². The van der Waals surface area contributed by atoms with E-state index in [9.17, 15) is 0 Å². The first kappa shape index (κ1) is 4.94. The van der Waals surface area contributed by atoms with E-state index in [1.165, 1.54) is 0 Å². The summed E-state index contributed by atoms with van der Waals surface area (Å²) < 4.78 is 4.80. The number of H-pyrrole nitrogens is 1. The molecule has 2 nitrogen and oxygen atoms in total. The van der Waals surface area contributed by atoms with E-state index in [2.05, 4.69) is 5.16 Å². The average molecular weight is 142 g/mol. The van der Waals surface area contributed by atoms with Gasteiger partial charge in [0, 0.05) is 0 Å². The highest BCUT2D eigenvalue weighted by Gasteiger charge is 2.09. The Morgan fingerprint density at radius 1 is 1.44 bits per heavy atom. The average Bonchev–Trinajstić information content (AvgIpc) is 2.35. The van der Waals surface area contributed by atoms with E-state index in [1.54, 1.807) is 0 Å². The summed E-state index contributed by atoms with van der Waals surface area (Å²) in [4.78, 5) is 0. The molecule has 2 aliphatic rings. The molecule has 0 fully saturated rings. The van der Waals surface area contributed by atoms with Gasteiger partial charge in [0.05, 0.1) is 11.3 Å². The van der Waals surface area contributed by atoms with Crippen LogP contribution in [0.25, 0.3) is 11.3 Å². The molecule has 1 aliphatic heterocycles. The second-order valence-corrected chi connectivity index (χ2v) is 2.17. The molecule has 0 amide bonds. The standard InChI is InChI=1S/C6H4ClNO/c7-6-4-2-1-3-5(4)8-9-6/h1-3,8H. The van der Waals surface area contributed by atoms with E-state index in [0.717, 1.165) is 11.3 Å². The second kappa shape index (κ2) is 1.54. The highest BCUT2D eigenvalue weighted by molar-refractivity contribution is 6.31. The van der Waals surface area contributed by atoms with Crippen LogP contribution in [-0.2, 0) is 0 Å². The predicted octanol–water partition coefficient (Wildman–Crippen LogP) is 2.37. The number of fused-ring (bicyclic) bond motifs is 1. The molecule has 0 unspecified atom stereocenters. The fourth-order valence-corrected chi connectivity index (χ4v) is 1.04. The fraction of sp³-hybridized carbons (Fsp3) is 0. The minimum absolute atomic E-state index is 0.426. The first-order valence-electron chi connectivity index (χ1n) is 2.59. The van der Waals surface area contributed by atoms with Gasteiger partial charge in [-0.1, -0.05) is 6.07 Å². The Morgan fingerprint density at radius 2 is 2.33 bits per heavy atom. The van der Waals surface area contributed by atoms with Crippen LogP contribution in [0.2, 0.25) is 5.22 Å². The summed E-state index contributed by atoms with van der Waals surface area (Å²) in [5.41, 5.74) is 1.89. The quantitative estimate of drug-likeness (QED) is 0.600. The monoisotopic (exact) mass is 141 g/mol. The van der Waals surface area contributed by atoms with E-state index in [1.807, 2.05) is 18.2 Å². The summed E-state index contributed by atoms with van der Waals surface area (Å²) in [7, 11) is 0. The molecule has 46 valence electrons. The van der Waals surface area contributed by atoms with Crippen LogP contribution in [0.3, 0.4) is 0 Å².